The highest BCUT2D eigenvalue weighted by Gasteiger charge is 2.29. The molecule has 0 spiro atoms. The first-order valence-electron chi connectivity index (χ1n) is 3.88. The predicted octanol–water partition coefficient (Wildman–Crippen LogP) is 2.57. The normalized spacial score (nSPS) is 12.4. The summed E-state index contributed by atoms with van der Waals surface area (Å²) in [6, 6.07) is 1.71. The summed E-state index contributed by atoms with van der Waals surface area (Å²) in [6.45, 7) is 0. The minimum atomic E-state index is -4.54. The van der Waals surface area contributed by atoms with Gasteiger partial charge in [0.15, 0.2) is 0 Å². The number of halogens is 4. The topological polar surface area (TPSA) is 85.3 Å². The van der Waals surface area contributed by atoms with E-state index >= 15 is 0 Å². The first kappa shape index (κ1) is 16.0. The van der Waals surface area contributed by atoms with E-state index in [1.807, 2.05) is 0 Å². The van der Waals surface area contributed by atoms with Gasteiger partial charge < -0.3 is 0 Å². The lowest BCUT2D eigenvalue weighted by atomic mass is 10.2. The quantitative estimate of drug-likeness (QED) is 0.762. The number of hydrogen-bond donors (Lipinski definition) is 0. The van der Waals surface area contributed by atoms with E-state index < -0.39 is 43.7 Å². The fourth-order valence-corrected chi connectivity index (χ4v) is 5.03. The second-order valence-electron chi connectivity index (χ2n) is 2.90. The van der Waals surface area contributed by atoms with Gasteiger partial charge in [-0.3, -0.25) is 4.79 Å². The van der Waals surface area contributed by atoms with Crippen LogP contribution in [-0.4, -0.2) is 22.1 Å². The maximum absolute atomic E-state index is 11.3. The van der Waals surface area contributed by atoms with Crippen molar-refractivity contribution >= 4 is 67.9 Å². The van der Waals surface area contributed by atoms with Gasteiger partial charge in [-0.1, -0.05) is 11.6 Å². The summed E-state index contributed by atoms with van der Waals surface area (Å²) in [6.07, 6.45) is 0. The molecule has 0 aliphatic carbocycles. The third kappa shape index (κ3) is 3.28. The number of carbonyl (C=O) groups excluding carboxylic acids is 1. The number of carbonyl (C=O) groups is 1. The molecule has 1 aromatic rings. The highest BCUT2D eigenvalue weighted by Crippen LogP contribution is 2.36. The zero-order valence-corrected chi connectivity index (χ0v) is 12.7. The monoisotopic (exact) mass is 370 g/mol. The Hall–Kier alpha value is -0.0500. The van der Waals surface area contributed by atoms with Crippen LogP contribution >= 0.6 is 44.6 Å². The van der Waals surface area contributed by atoms with Crippen LogP contribution in [0.3, 0.4) is 0 Å². The van der Waals surface area contributed by atoms with E-state index in [-0.39, 0.29) is 0 Å². The van der Waals surface area contributed by atoms with Crippen LogP contribution in [0, 0.1) is 0 Å². The van der Waals surface area contributed by atoms with Crippen LogP contribution in [0.5, 0.6) is 0 Å². The molecule has 0 atom stereocenters. The minimum absolute atomic E-state index is 0.401. The zero-order chi connectivity index (χ0) is 14.3. The third-order valence-electron chi connectivity index (χ3n) is 1.78. The lowest BCUT2D eigenvalue weighted by Crippen LogP contribution is -2.05. The maximum atomic E-state index is 11.3. The van der Waals surface area contributed by atoms with Gasteiger partial charge in [0.25, 0.3) is 23.3 Å². The van der Waals surface area contributed by atoms with E-state index in [9.17, 15) is 21.6 Å². The van der Waals surface area contributed by atoms with Crippen molar-refractivity contribution < 1.29 is 21.6 Å². The summed E-state index contributed by atoms with van der Waals surface area (Å²) in [5.41, 5.74) is -0.401. The lowest BCUT2D eigenvalue weighted by molar-refractivity contribution is 0.108. The van der Waals surface area contributed by atoms with Crippen molar-refractivity contribution in [1.29, 1.82) is 0 Å². The molecular formula is C7H2Cl4O5S2. The molecule has 0 radical (unpaired) electrons. The van der Waals surface area contributed by atoms with E-state index in [0.29, 0.717) is 0 Å². The summed E-state index contributed by atoms with van der Waals surface area (Å²) in [5.74, 6) is 0. The van der Waals surface area contributed by atoms with Crippen LogP contribution in [0.15, 0.2) is 21.9 Å². The standard InChI is InChI=1S/C7H2Cl4O5S2/c8-5-3(7(9)12)1-2-4(17(10,13)14)6(5)18(11,15)16/h1-2H. The van der Waals surface area contributed by atoms with Gasteiger partial charge in [0.1, 0.15) is 9.79 Å². The van der Waals surface area contributed by atoms with E-state index in [4.69, 9.17) is 44.6 Å². The van der Waals surface area contributed by atoms with Crippen LogP contribution in [0.4, 0.5) is 0 Å². The van der Waals surface area contributed by atoms with E-state index in [1.165, 1.54) is 0 Å². The summed E-state index contributed by atoms with van der Waals surface area (Å²) >= 11 is 10.8. The third-order valence-corrected chi connectivity index (χ3v) is 5.36. The highest BCUT2D eigenvalue weighted by molar-refractivity contribution is 8.16. The Morgan fingerprint density at radius 2 is 1.50 bits per heavy atom. The summed E-state index contributed by atoms with van der Waals surface area (Å²) < 4.78 is 45.0. The molecular weight excluding hydrogens is 370 g/mol. The molecule has 0 aliphatic heterocycles. The molecule has 0 heterocycles. The Kier molecular flexibility index (Phi) is 4.58. The second kappa shape index (κ2) is 5.15. The molecule has 1 rings (SSSR count). The molecule has 18 heavy (non-hydrogen) atoms. The molecule has 0 fully saturated rings. The molecule has 0 saturated carbocycles. The number of hydrogen-bond acceptors (Lipinski definition) is 5. The van der Waals surface area contributed by atoms with Gasteiger partial charge in [-0.2, -0.15) is 0 Å². The maximum Gasteiger partial charge on any atom is 0.264 e. The highest BCUT2D eigenvalue weighted by atomic mass is 35.7. The van der Waals surface area contributed by atoms with Gasteiger partial charge in [-0.15, -0.1) is 0 Å². The van der Waals surface area contributed by atoms with Crippen molar-refractivity contribution in [3.8, 4) is 0 Å². The molecule has 0 aliphatic rings. The molecule has 0 saturated heterocycles. The fraction of sp³-hybridized carbons (Fsp3) is 0. The molecule has 100 valence electrons. The van der Waals surface area contributed by atoms with Crippen molar-refractivity contribution in [2.24, 2.45) is 0 Å². The van der Waals surface area contributed by atoms with E-state index in [2.05, 4.69) is 0 Å². The van der Waals surface area contributed by atoms with Crippen molar-refractivity contribution in [2.75, 3.05) is 0 Å². The van der Waals surface area contributed by atoms with Crippen molar-refractivity contribution in [3.63, 3.8) is 0 Å². The number of rotatable bonds is 3. The van der Waals surface area contributed by atoms with Gasteiger partial charge in [0, 0.05) is 21.4 Å². The molecule has 5 nitrogen and oxygen atoms in total. The smallest absolute Gasteiger partial charge is 0.264 e. The molecule has 0 amide bonds. The van der Waals surface area contributed by atoms with Crippen LogP contribution in [0.2, 0.25) is 5.02 Å². The van der Waals surface area contributed by atoms with Gasteiger partial charge >= 0.3 is 0 Å². The van der Waals surface area contributed by atoms with Crippen molar-refractivity contribution in [1.82, 2.24) is 0 Å². The Bertz CT molecular complexity index is 722. The van der Waals surface area contributed by atoms with Gasteiger partial charge in [-0.05, 0) is 23.7 Å². The molecule has 0 aromatic heterocycles. The summed E-state index contributed by atoms with van der Waals surface area (Å²) in [4.78, 5) is 9.16. The Balaban J connectivity index is 3.92. The van der Waals surface area contributed by atoms with Crippen molar-refractivity contribution in [2.45, 2.75) is 9.79 Å². The Labute approximate surface area is 121 Å². The second-order valence-corrected chi connectivity index (χ2v) is 8.66. The van der Waals surface area contributed by atoms with Crippen LogP contribution in [0.25, 0.3) is 0 Å². The molecule has 0 unspecified atom stereocenters. The van der Waals surface area contributed by atoms with Crippen LogP contribution < -0.4 is 0 Å². The fourth-order valence-electron chi connectivity index (χ4n) is 1.11. The Morgan fingerprint density at radius 1 is 1.00 bits per heavy atom. The summed E-state index contributed by atoms with van der Waals surface area (Å²) in [5, 5.41) is -1.77. The van der Waals surface area contributed by atoms with Gasteiger partial charge in [0.05, 0.1) is 10.6 Å². The predicted molar refractivity (Wildman–Crippen MR) is 67.7 cm³/mol. The van der Waals surface area contributed by atoms with Crippen LogP contribution in [0.1, 0.15) is 10.4 Å². The van der Waals surface area contributed by atoms with Crippen LogP contribution in [-0.2, 0) is 18.1 Å². The lowest BCUT2D eigenvalue weighted by Gasteiger charge is -2.08. The van der Waals surface area contributed by atoms with Gasteiger partial charge in [-0.25, -0.2) is 16.8 Å². The van der Waals surface area contributed by atoms with E-state index in [0.717, 1.165) is 12.1 Å². The van der Waals surface area contributed by atoms with Crippen molar-refractivity contribution in [3.05, 3.63) is 22.7 Å². The zero-order valence-electron chi connectivity index (χ0n) is 8.02. The van der Waals surface area contributed by atoms with Gasteiger partial charge in [0.2, 0.25) is 0 Å². The first-order valence-corrected chi connectivity index (χ1v) is 9.25. The largest absolute Gasteiger partial charge is 0.276 e. The Morgan fingerprint density at radius 3 is 1.83 bits per heavy atom. The average molecular weight is 372 g/mol. The first-order chi connectivity index (χ1) is 7.96. The molecule has 11 heteroatoms. The SMILES string of the molecule is O=C(Cl)c1ccc(S(=O)(=O)Cl)c(S(=O)(=O)Cl)c1Cl. The molecule has 0 bridgehead atoms. The molecule has 0 N–H and O–H groups in total. The summed E-state index contributed by atoms with van der Waals surface area (Å²) in [7, 11) is 1.16. The number of benzene rings is 1. The average Bonchev–Trinajstić information content (AvgIpc) is 2.12. The minimum Gasteiger partial charge on any atom is -0.276 e. The molecule has 1 aromatic carbocycles. The van der Waals surface area contributed by atoms with E-state index in [1.54, 1.807) is 0 Å².